The molecular weight excluding hydrogens is 356 g/mol. The number of non-ortho nitro benzene ring substituents is 1. The Kier molecular flexibility index (Phi) is 6.31. The van der Waals surface area contributed by atoms with Gasteiger partial charge in [0.2, 0.25) is 0 Å². The molecule has 0 aliphatic heterocycles. The number of benzene rings is 2. The summed E-state index contributed by atoms with van der Waals surface area (Å²) in [6.07, 6.45) is 2.17. The van der Waals surface area contributed by atoms with Crippen LogP contribution in [-0.2, 0) is 11.2 Å². The fourth-order valence-electron chi connectivity index (χ4n) is 2.05. The second kappa shape index (κ2) is 8.65. The van der Waals surface area contributed by atoms with Crippen molar-refractivity contribution >= 4 is 34.6 Å². The molecular formula is C18H15ClN4O3. The van der Waals surface area contributed by atoms with E-state index in [4.69, 9.17) is 11.6 Å². The molecule has 0 aromatic heterocycles. The number of nitrogens with one attached hydrogen (secondary N) is 2. The molecule has 0 saturated carbocycles. The van der Waals surface area contributed by atoms with Crippen molar-refractivity contribution in [3.05, 3.63) is 74.9 Å². The van der Waals surface area contributed by atoms with Crippen molar-refractivity contribution in [2.24, 2.45) is 0 Å². The third kappa shape index (κ3) is 4.82. The maximum atomic E-state index is 12.2. The molecule has 0 atom stereocenters. The number of rotatable bonds is 6. The van der Waals surface area contributed by atoms with Gasteiger partial charge in [-0.25, -0.2) is 0 Å². The highest BCUT2D eigenvalue weighted by atomic mass is 35.5. The molecule has 2 N–H and O–H groups in total. The summed E-state index contributed by atoms with van der Waals surface area (Å²) in [5, 5.41) is 25.4. The van der Waals surface area contributed by atoms with E-state index in [2.05, 4.69) is 10.6 Å². The summed E-state index contributed by atoms with van der Waals surface area (Å²) in [6.45, 7) is 2.04. The molecule has 132 valence electrons. The van der Waals surface area contributed by atoms with Crippen LogP contribution in [0.5, 0.6) is 0 Å². The lowest BCUT2D eigenvalue weighted by Crippen LogP contribution is -2.15. The van der Waals surface area contributed by atoms with Crippen LogP contribution in [0.25, 0.3) is 0 Å². The highest BCUT2D eigenvalue weighted by Crippen LogP contribution is 2.27. The number of nitro groups is 1. The molecule has 2 rings (SSSR count). The van der Waals surface area contributed by atoms with Crippen molar-refractivity contribution in [2.75, 3.05) is 10.6 Å². The Labute approximate surface area is 155 Å². The number of nitro benzene ring substituents is 1. The SMILES string of the molecule is CCc1ccc(N/C=C(/C#N)C(=O)Nc2cc([N+](=O)[O-])ccc2Cl)cc1. The summed E-state index contributed by atoms with van der Waals surface area (Å²) in [5.74, 6) is -0.729. The molecule has 0 aliphatic rings. The first-order chi connectivity index (χ1) is 12.4. The van der Waals surface area contributed by atoms with Gasteiger partial charge in [0.1, 0.15) is 11.6 Å². The van der Waals surface area contributed by atoms with E-state index in [0.29, 0.717) is 0 Å². The molecule has 8 heteroatoms. The molecule has 0 spiro atoms. The minimum absolute atomic E-state index is 0.0549. The Hall–Kier alpha value is -3.37. The Morgan fingerprint density at radius 2 is 2.00 bits per heavy atom. The summed E-state index contributed by atoms with van der Waals surface area (Å²) in [5.41, 5.74) is 1.52. The first kappa shape index (κ1) is 19.0. The Bertz CT molecular complexity index is 902. The number of carbonyl (C=O) groups is 1. The van der Waals surface area contributed by atoms with Gasteiger partial charge in [0.15, 0.2) is 0 Å². The van der Waals surface area contributed by atoms with Gasteiger partial charge in [-0.05, 0) is 30.2 Å². The van der Waals surface area contributed by atoms with Crippen molar-refractivity contribution in [3.8, 4) is 6.07 Å². The number of carbonyl (C=O) groups excluding carboxylic acids is 1. The second-order valence-electron chi connectivity index (χ2n) is 5.24. The van der Waals surface area contributed by atoms with E-state index in [-0.39, 0.29) is 22.0 Å². The quantitative estimate of drug-likeness (QED) is 0.341. The molecule has 7 nitrogen and oxygen atoms in total. The zero-order chi connectivity index (χ0) is 19.1. The fourth-order valence-corrected chi connectivity index (χ4v) is 2.22. The Morgan fingerprint density at radius 3 is 2.58 bits per heavy atom. The largest absolute Gasteiger partial charge is 0.360 e. The van der Waals surface area contributed by atoms with Gasteiger partial charge in [0, 0.05) is 24.0 Å². The predicted octanol–water partition coefficient (Wildman–Crippen LogP) is 4.27. The van der Waals surface area contributed by atoms with Crippen LogP contribution in [0.15, 0.2) is 54.2 Å². The minimum Gasteiger partial charge on any atom is -0.360 e. The summed E-state index contributed by atoms with van der Waals surface area (Å²) >= 11 is 5.94. The predicted molar refractivity (Wildman–Crippen MR) is 99.9 cm³/mol. The maximum absolute atomic E-state index is 12.2. The van der Waals surface area contributed by atoms with Crippen LogP contribution < -0.4 is 10.6 Å². The average Bonchev–Trinajstić information content (AvgIpc) is 2.64. The maximum Gasteiger partial charge on any atom is 0.271 e. The number of nitrogens with zero attached hydrogens (tertiary/aromatic N) is 2. The highest BCUT2D eigenvalue weighted by Gasteiger charge is 2.15. The summed E-state index contributed by atoms with van der Waals surface area (Å²) in [4.78, 5) is 22.4. The number of hydrogen-bond donors (Lipinski definition) is 2. The summed E-state index contributed by atoms with van der Waals surface area (Å²) < 4.78 is 0. The smallest absolute Gasteiger partial charge is 0.271 e. The highest BCUT2D eigenvalue weighted by molar-refractivity contribution is 6.34. The fraction of sp³-hybridized carbons (Fsp3) is 0.111. The molecule has 2 aromatic carbocycles. The molecule has 0 radical (unpaired) electrons. The monoisotopic (exact) mass is 370 g/mol. The number of anilines is 2. The van der Waals surface area contributed by atoms with E-state index < -0.39 is 10.8 Å². The zero-order valence-electron chi connectivity index (χ0n) is 13.8. The number of amides is 1. The van der Waals surface area contributed by atoms with Crippen LogP contribution in [0.2, 0.25) is 5.02 Å². The Balaban J connectivity index is 2.14. The molecule has 26 heavy (non-hydrogen) atoms. The Morgan fingerprint density at radius 1 is 1.31 bits per heavy atom. The van der Waals surface area contributed by atoms with Gasteiger partial charge >= 0.3 is 0 Å². The zero-order valence-corrected chi connectivity index (χ0v) is 14.6. The van der Waals surface area contributed by atoms with E-state index in [1.165, 1.54) is 18.3 Å². The van der Waals surface area contributed by atoms with Gasteiger partial charge in [0.25, 0.3) is 11.6 Å². The number of hydrogen-bond acceptors (Lipinski definition) is 5. The van der Waals surface area contributed by atoms with E-state index in [1.54, 1.807) is 6.07 Å². The molecule has 1 amide bonds. The molecule has 0 saturated heterocycles. The van der Waals surface area contributed by atoms with E-state index >= 15 is 0 Å². The van der Waals surface area contributed by atoms with Gasteiger partial charge < -0.3 is 10.6 Å². The van der Waals surface area contributed by atoms with Crippen molar-refractivity contribution < 1.29 is 9.72 Å². The van der Waals surface area contributed by atoms with Crippen molar-refractivity contribution in [3.63, 3.8) is 0 Å². The first-order valence-corrected chi connectivity index (χ1v) is 8.03. The number of aryl methyl sites for hydroxylation is 1. The van der Waals surface area contributed by atoms with E-state index in [9.17, 15) is 20.2 Å². The minimum atomic E-state index is -0.729. The normalized spacial score (nSPS) is 10.7. The van der Waals surface area contributed by atoms with E-state index in [1.807, 2.05) is 31.2 Å². The average molecular weight is 371 g/mol. The lowest BCUT2D eigenvalue weighted by atomic mass is 10.1. The first-order valence-electron chi connectivity index (χ1n) is 7.65. The molecule has 0 aliphatic carbocycles. The van der Waals surface area contributed by atoms with Gasteiger partial charge in [-0.1, -0.05) is 30.7 Å². The molecule has 0 fully saturated rings. The van der Waals surface area contributed by atoms with Crippen LogP contribution in [-0.4, -0.2) is 10.8 Å². The molecule has 0 heterocycles. The lowest BCUT2D eigenvalue weighted by Gasteiger charge is -2.07. The third-order valence-corrected chi connectivity index (χ3v) is 3.85. The topological polar surface area (TPSA) is 108 Å². The van der Waals surface area contributed by atoms with Gasteiger partial charge in [-0.2, -0.15) is 5.26 Å². The van der Waals surface area contributed by atoms with Crippen molar-refractivity contribution in [1.82, 2.24) is 0 Å². The van der Waals surface area contributed by atoms with Crippen LogP contribution in [0.1, 0.15) is 12.5 Å². The van der Waals surface area contributed by atoms with Gasteiger partial charge in [0.05, 0.1) is 15.6 Å². The van der Waals surface area contributed by atoms with Crippen LogP contribution in [0, 0.1) is 21.4 Å². The van der Waals surface area contributed by atoms with Gasteiger partial charge in [-0.15, -0.1) is 0 Å². The second-order valence-corrected chi connectivity index (χ2v) is 5.65. The molecule has 0 unspecified atom stereocenters. The summed E-state index contributed by atoms with van der Waals surface area (Å²) in [6, 6.07) is 13.0. The standard InChI is InChI=1S/C18H15ClN4O3/c1-2-12-3-5-14(6-4-12)21-11-13(10-20)18(24)22-17-9-15(23(25)26)7-8-16(17)19/h3-9,11,21H,2H2,1H3,(H,22,24)/b13-11-. The van der Waals surface area contributed by atoms with Crippen molar-refractivity contribution in [1.29, 1.82) is 5.26 Å². The number of halogens is 1. The van der Waals surface area contributed by atoms with Crippen LogP contribution in [0.4, 0.5) is 17.1 Å². The van der Waals surface area contributed by atoms with E-state index in [0.717, 1.165) is 23.7 Å². The number of nitriles is 1. The van der Waals surface area contributed by atoms with Gasteiger partial charge in [-0.3, -0.25) is 14.9 Å². The van der Waals surface area contributed by atoms with Crippen LogP contribution >= 0.6 is 11.6 Å². The van der Waals surface area contributed by atoms with Crippen molar-refractivity contribution in [2.45, 2.75) is 13.3 Å². The molecule has 2 aromatic rings. The third-order valence-electron chi connectivity index (χ3n) is 3.52. The molecule has 0 bridgehead atoms. The summed E-state index contributed by atoms with van der Waals surface area (Å²) in [7, 11) is 0. The lowest BCUT2D eigenvalue weighted by molar-refractivity contribution is -0.384. The van der Waals surface area contributed by atoms with Crippen LogP contribution in [0.3, 0.4) is 0 Å².